The van der Waals surface area contributed by atoms with Crippen LogP contribution >= 0.6 is 11.3 Å². The molecule has 2 atom stereocenters. The van der Waals surface area contributed by atoms with Gasteiger partial charge >= 0.3 is 11.7 Å². The number of rotatable bonds is 6. The predicted octanol–water partition coefficient (Wildman–Crippen LogP) is 2.43. The summed E-state index contributed by atoms with van der Waals surface area (Å²) < 4.78 is 8.17. The van der Waals surface area contributed by atoms with Crippen LogP contribution in [0.5, 0.6) is 0 Å². The molecule has 0 bridgehead atoms. The number of aromatic nitrogens is 2. The minimum Gasteiger partial charge on any atom is -0.466 e. The molecule has 31 heavy (non-hydrogen) atoms. The Morgan fingerprint density at radius 2 is 1.97 bits per heavy atom. The minimum absolute atomic E-state index is 0.145. The van der Waals surface area contributed by atoms with Crippen molar-refractivity contribution in [2.45, 2.75) is 25.8 Å². The number of nitrogens with zero attached hydrogens (tertiary/aromatic N) is 3. The van der Waals surface area contributed by atoms with Gasteiger partial charge < -0.3 is 9.64 Å². The summed E-state index contributed by atoms with van der Waals surface area (Å²) in [5.41, 5.74) is 0.0427. The van der Waals surface area contributed by atoms with Crippen LogP contribution in [0.2, 0.25) is 0 Å². The maximum atomic E-state index is 12.9. The van der Waals surface area contributed by atoms with Crippen LogP contribution in [-0.2, 0) is 23.1 Å². The first-order chi connectivity index (χ1) is 15.0. The molecule has 4 rings (SSSR count). The van der Waals surface area contributed by atoms with Crippen molar-refractivity contribution >= 4 is 28.2 Å². The number of para-hydroxylation sites is 1. The Balaban J connectivity index is 1.54. The highest BCUT2D eigenvalue weighted by molar-refractivity contribution is 7.10. The second-order valence-corrected chi connectivity index (χ2v) is 8.86. The number of fused-ring (bicyclic) bond motifs is 1. The first kappa shape index (κ1) is 21.5. The number of hydrogen-bond acceptors (Lipinski definition) is 6. The van der Waals surface area contributed by atoms with Crippen molar-refractivity contribution in [2.24, 2.45) is 13.0 Å². The lowest BCUT2D eigenvalue weighted by Gasteiger charge is -2.37. The van der Waals surface area contributed by atoms with E-state index in [0.29, 0.717) is 30.6 Å². The Morgan fingerprint density at radius 3 is 2.71 bits per heavy atom. The Bertz CT molecular complexity index is 1180. The number of piperidine rings is 1. The monoisotopic (exact) mass is 441 g/mol. The van der Waals surface area contributed by atoms with Gasteiger partial charge in [0.05, 0.1) is 23.4 Å². The Hall–Kier alpha value is -2.71. The maximum absolute atomic E-state index is 12.9. The number of likely N-dealkylation sites (tertiary alicyclic amines) is 1. The molecule has 7 nitrogen and oxygen atoms in total. The van der Waals surface area contributed by atoms with Crippen molar-refractivity contribution in [3.05, 3.63) is 67.5 Å². The van der Waals surface area contributed by atoms with E-state index in [1.165, 1.54) is 14.0 Å². The second kappa shape index (κ2) is 9.20. The molecule has 0 amide bonds. The zero-order chi connectivity index (χ0) is 22.0. The van der Waals surface area contributed by atoms with Crippen LogP contribution in [-0.4, -0.2) is 46.2 Å². The summed E-state index contributed by atoms with van der Waals surface area (Å²) in [6.45, 7) is 4.36. The van der Waals surface area contributed by atoms with Gasteiger partial charge in [-0.3, -0.25) is 18.7 Å². The third kappa shape index (κ3) is 4.22. The SMILES string of the molecule is CCOC(=O)C1CN(CCn2c(=O)c3ccccc3n(C)c2=O)CCC1c1cccs1. The van der Waals surface area contributed by atoms with Crippen molar-refractivity contribution in [3.8, 4) is 0 Å². The molecule has 0 saturated carbocycles. The summed E-state index contributed by atoms with van der Waals surface area (Å²) in [6, 6.07) is 11.2. The average Bonchev–Trinajstić information content (AvgIpc) is 3.32. The van der Waals surface area contributed by atoms with Gasteiger partial charge in [-0.25, -0.2) is 4.79 Å². The van der Waals surface area contributed by atoms with Crippen LogP contribution in [0.4, 0.5) is 0 Å². The van der Waals surface area contributed by atoms with Gasteiger partial charge in [0, 0.05) is 37.5 Å². The standard InChI is InChI=1S/C23H27N3O4S/c1-3-30-22(28)18-15-25(11-10-16(18)20-9-6-14-31-20)12-13-26-21(27)17-7-4-5-8-19(17)24(2)23(26)29/h4-9,14,16,18H,3,10-13,15H2,1-2H3. The summed E-state index contributed by atoms with van der Waals surface area (Å²) in [5.74, 6) is -0.278. The first-order valence-electron chi connectivity index (χ1n) is 10.6. The molecule has 0 N–H and O–H groups in total. The third-order valence-corrected chi connectivity index (χ3v) is 7.10. The van der Waals surface area contributed by atoms with E-state index in [-0.39, 0.29) is 35.6 Å². The minimum atomic E-state index is -0.320. The highest BCUT2D eigenvalue weighted by atomic mass is 32.1. The molecule has 1 saturated heterocycles. The van der Waals surface area contributed by atoms with Crippen molar-refractivity contribution in [2.75, 3.05) is 26.2 Å². The fourth-order valence-electron chi connectivity index (χ4n) is 4.46. The third-order valence-electron chi connectivity index (χ3n) is 6.09. The van der Waals surface area contributed by atoms with Crippen LogP contribution in [0.15, 0.2) is 51.4 Å². The number of hydrogen-bond donors (Lipinski definition) is 0. The van der Waals surface area contributed by atoms with Crippen LogP contribution in [0.25, 0.3) is 10.9 Å². The molecule has 0 radical (unpaired) electrons. The Kier molecular flexibility index (Phi) is 6.38. The molecule has 1 aliphatic heterocycles. The van der Waals surface area contributed by atoms with Gasteiger partial charge in [0.15, 0.2) is 0 Å². The van der Waals surface area contributed by atoms with Crippen molar-refractivity contribution in [1.29, 1.82) is 0 Å². The molecule has 1 aromatic carbocycles. The van der Waals surface area contributed by atoms with Crippen LogP contribution < -0.4 is 11.2 Å². The van der Waals surface area contributed by atoms with E-state index in [0.717, 1.165) is 13.0 Å². The van der Waals surface area contributed by atoms with Crippen molar-refractivity contribution < 1.29 is 9.53 Å². The zero-order valence-electron chi connectivity index (χ0n) is 17.8. The molecule has 2 aromatic heterocycles. The number of carbonyl (C=O) groups is 1. The van der Waals surface area contributed by atoms with Gasteiger partial charge in [-0.15, -0.1) is 11.3 Å². The number of esters is 1. The van der Waals surface area contributed by atoms with E-state index < -0.39 is 0 Å². The number of carbonyl (C=O) groups excluding carboxylic acids is 1. The van der Waals surface area contributed by atoms with Gasteiger partial charge in [0.1, 0.15) is 0 Å². The quantitative estimate of drug-likeness (QED) is 0.550. The summed E-state index contributed by atoms with van der Waals surface area (Å²) in [5, 5.41) is 2.57. The van der Waals surface area contributed by atoms with Gasteiger partial charge in [0.25, 0.3) is 5.56 Å². The van der Waals surface area contributed by atoms with Gasteiger partial charge in [-0.1, -0.05) is 18.2 Å². The average molecular weight is 442 g/mol. The molecular weight excluding hydrogens is 414 g/mol. The molecule has 2 unspecified atom stereocenters. The summed E-state index contributed by atoms with van der Waals surface area (Å²) in [4.78, 5) is 41.7. The van der Waals surface area contributed by atoms with E-state index in [1.807, 2.05) is 24.4 Å². The number of thiophene rings is 1. The maximum Gasteiger partial charge on any atom is 0.331 e. The van der Waals surface area contributed by atoms with Crippen molar-refractivity contribution in [1.82, 2.24) is 14.0 Å². The number of aryl methyl sites for hydroxylation is 1. The molecule has 164 valence electrons. The van der Waals surface area contributed by atoms with Gasteiger partial charge in [0.2, 0.25) is 0 Å². The van der Waals surface area contributed by atoms with E-state index in [2.05, 4.69) is 11.0 Å². The normalized spacial score (nSPS) is 19.5. The summed E-state index contributed by atoms with van der Waals surface area (Å²) >= 11 is 1.67. The fraction of sp³-hybridized carbons (Fsp3) is 0.435. The van der Waals surface area contributed by atoms with E-state index in [9.17, 15) is 14.4 Å². The number of ether oxygens (including phenoxy) is 1. The van der Waals surface area contributed by atoms with Crippen LogP contribution in [0, 0.1) is 5.92 Å². The molecule has 3 aromatic rings. The Labute approximate surface area is 184 Å². The fourth-order valence-corrected chi connectivity index (χ4v) is 5.38. The largest absolute Gasteiger partial charge is 0.466 e. The van der Waals surface area contributed by atoms with Crippen LogP contribution in [0.3, 0.4) is 0 Å². The predicted molar refractivity (Wildman–Crippen MR) is 122 cm³/mol. The highest BCUT2D eigenvalue weighted by Crippen LogP contribution is 2.36. The van der Waals surface area contributed by atoms with Gasteiger partial charge in [-0.05, 0) is 43.5 Å². The second-order valence-electron chi connectivity index (χ2n) is 7.89. The van der Waals surface area contributed by atoms with E-state index >= 15 is 0 Å². The molecule has 3 heterocycles. The molecule has 8 heteroatoms. The lowest BCUT2D eigenvalue weighted by molar-refractivity contribution is -0.150. The van der Waals surface area contributed by atoms with Gasteiger partial charge in [-0.2, -0.15) is 0 Å². The molecule has 0 spiro atoms. The smallest absolute Gasteiger partial charge is 0.331 e. The van der Waals surface area contributed by atoms with E-state index in [4.69, 9.17) is 4.74 Å². The zero-order valence-corrected chi connectivity index (χ0v) is 18.6. The topological polar surface area (TPSA) is 73.5 Å². The Morgan fingerprint density at radius 1 is 1.16 bits per heavy atom. The number of benzene rings is 1. The molecular formula is C23H27N3O4S. The lowest BCUT2D eigenvalue weighted by atomic mass is 9.84. The highest BCUT2D eigenvalue weighted by Gasteiger charge is 2.36. The van der Waals surface area contributed by atoms with Crippen LogP contribution in [0.1, 0.15) is 24.1 Å². The lowest BCUT2D eigenvalue weighted by Crippen LogP contribution is -2.47. The molecule has 1 fully saturated rings. The first-order valence-corrected chi connectivity index (χ1v) is 11.5. The summed E-state index contributed by atoms with van der Waals surface area (Å²) in [7, 11) is 1.68. The summed E-state index contributed by atoms with van der Waals surface area (Å²) in [6.07, 6.45) is 0.842. The molecule has 1 aliphatic rings. The van der Waals surface area contributed by atoms with Crippen molar-refractivity contribution in [3.63, 3.8) is 0 Å². The molecule has 0 aliphatic carbocycles. The van der Waals surface area contributed by atoms with E-state index in [1.54, 1.807) is 36.6 Å².